The average molecular weight is 242 g/mol. The van der Waals surface area contributed by atoms with Gasteiger partial charge in [-0.15, -0.1) is 0 Å². The summed E-state index contributed by atoms with van der Waals surface area (Å²) >= 11 is 0. The van der Waals surface area contributed by atoms with E-state index in [1.807, 2.05) is 24.3 Å². The lowest BCUT2D eigenvalue weighted by molar-refractivity contribution is 0.0957. The van der Waals surface area contributed by atoms with E-state index in [0.717, 1.165) is 42.3 Å². The summed E-state index contributed by atoms with van der Waals surface area (Å²) in [5, 5.41) is 10.7. The van der Waals surface area contributed by atoms with Crippen LogP contribution in [0.4, 0.5) is 0 Å². The molecule has 0 unspecified atom stereocenters. The molecule has 3 heteroatoms. The second-order valence-electron chi connectivity index (χ2n) is 5.28. The highest BCUT2D eigenvalue weighted by molar-refractivity contribution is 5.78. The van der Waals surface area contributed by atoms with Crippen LogP contribution < -0.4 is 5.73 Å². The topological polar surface area (TPSA) is 59.1 Å². The van der Waals surface area contributed by atoms with Gasteiger partial charge in [0, 0.05) is 5.39 Å². The maximum atomic E-state index is 9.58. The number of hydrogen-bond donors (Lipinski definition) is 2. The van der Waals surface area contributed by atoms with Gasteiger partial charge in [-0.2, -0.15) is 0 Å². The Hall–Kier alpha value is -1.45. The Bertz CT molecular complexity index is 559. The van der Waals surface area contributed by atoms with Gasteiger partial charge >= 0.3 is 0 Å². The van der Waals surface area contributed by atoms with Crippen LogP contribution in [0.15, 0.2) is 36.4 Å². The molecule has 1 saturated carbocycles. The molecular formula is C15H18N2O. The molecule has 1 heterocycles. The highest BCUT2D eigenvalue weighted by atomic mass is 16.3. The monoisotopic (exact) mass is 242 g/mol. The van der Waals surface area contributed by atoms with Crippen molar-refractivity contribution in [3.05, 3.63) is 42.1 Å². The normalized spacial score (nSPS) is 28.4. The number of benzene rings is 1. The number of rotatable bonds is 1. The first kappa shape index (κ1) is 11.6. The summed E-state index contributed by atoms with van der Waals surface area (Å²) in [6.07, 6.45) is 2.96. The number of aromatic nitrogens is 1. The van der Waals surface area contributed by atoms with E-state index in [1.165, 1.54) is 0 Å². The fourth-order valence-electron chi connectivity index (χ4n) is 2.72. The molecule has 94 valence electrons. The molecule has 0 saturated heterocycles. The van der Waals surface area contributed by atoms with Crippen LogP contribution in [0.1, 0.15) is 31.4 Å². The van der Waals surface area contributed by atoms with Crippen molar-refractivity contribution < 1.29 is 5.11 Å². The minimum atomic E-state index is -0.372. The molecule has 0 aliphatic heterocycles. The number of hydrogen-bond acceptors (Lipinski definition) is 3. The summed E-state index contributed by atoms with van der Waals surface area (Å²) in [6, 6.07) is 12.2. The molecule has 3 N–H and O–H groups in total. The lowest BCUT2D eigenvalue weighted by Gasteiger charge is -2.35. The molecule has 3 rings (SSSR count). The zero-order valence-electron chi connectivity index (χ0n) is 10.3. The Labute approximate surface area is 107 Å². The SMILES string of the molecule is NC1(c2ccc3ccccc3n2)CCC(O)CC1. The van der Waals surface area contributed by atoms with Crippen molar-refractivity contribution in [3.63, 3.8) is 0 Å². The lowest BCUT2D eigenvalue weighted by Crippen LogP contribution is -2.42. The van der Waals surface area contributed by atoms with Gasteiger partial charge in [0.2, 0.25) is 0 Å². The summed E-state index contributed by atoms with van der Waals surface area (Å²) in [5.41, 5.74) is 8.03. The molecule has 0 amide bonds. The molecule has 0 radical (unpaired) electrons. The number of nitrogens with zero attached hydrogens (tertiary/aromatic N) is 1. The molecule has 0 atom stereocenters. The maximum absolute atomic E-state index is 9.58. The van der Waals surface area contributed by atoms with Gasteiger partial charge in [-0.3, -0.25) is 4.98 Å². The smallest absolute Gasteiger partial charge is 0.0706 e. The number of aliphatic hydroxyl groups is 1. The third-order valence-electron chi connectivity index (χ3n) is 3.96. The van der Waals surface area contributed by atoms with Crippen molar-refractivity contribution >= 4 is 10.9 Å². The van der Waals surface area contributed by atoms with E-state index in [-0.39, 0.29) is 11.6 Å². The van der Waals surface area contributed by atoms with Crippen LogP contribution >= 0.6 is 0 Å². The van der Waals surface area contributed by atoms with Gasteiger partial charge in [0.25, 0.3) is 0 Å². The summed E-state index contributed by atoms with van der Waals surface area (Å²) < 4.78 is 0. The van der Waals surface area contributed by atoms with E-state index in [9.17, 15) is 5.11 Å². The van der Waals surface area contributed by atoms with E-state index < -0.39 is 0 Å². The average Bonchev–Trinajstić information content (AvgIpc) is 2.42. The fraction of sp³-hybridized carbons (Fsp3) is 0.400. The van der Waals surface area contributed by atoms with Crippen molar-refractivity contribution in [1.82, 2.24) is 4.98 Å². The summed E-state index contributed by atoms with van der Waals surface area (Å²) in [5.74, 6) is 0. The molecule has 0 bridgehead atoms. The van der Waals surface area contributed by atoms with Gasteiger partial charge < -0.3 is 10.8 Å². The Morgan fingerprint density at radius 3 is 2.61 bits per heavy atom. The number of pyridine rings is 1. The van der Waals surface area contributed by atoms with Crippen molar-refractivity contribution in [3.8, 4) is 0 Å². The van der Waals surface area contributed by atoms with Crippen LogP contribution in [-0.2, 0) is 5.54 Å². The number of aliphatic hydroxyl groups excluding tert-OH is 1. The minimum Gasteiger partial charge on any atom is -0.393 e. The van der Waals surface area contributed by atoms with Crippen LogP contribution in [0.3, 0.4) is 0 Å². The number of fused-ring (bicyclic) bond motifs is 1. The molecule has 1 fully saturated rings. The highest BCUT2D eigenvalue weighted by Gasteiger charge is 2.33. The third kappa shape index (κ3) is 2.00. The predicted octanol–water partition coefficient (Wildman–Crippen LogP) is 2.32. The fourth-order valence-corrected chi connectivity index (χ4v) is 2.72. The lowest BCUT2D eigenvalue weighted by atomic mass is 9.78. The van der Waals surface area contributed by atoms with Gasteiger partial charge in [-0.1, -0.05) is 24.3 Å². The van der Waals surface area contributed by atoms with Crippen LogP contribution in [0.2, 0.25) is 0 Å². The summed E-state index contributed by atoms with van der Waals surface area (Å²) in [7, 11) is 0. The Morgan fingerprint density at radius 1 is 1.11 bits per heavy atom. The predicted molar refractivity (Wildman–Crippen MR) is 72.1 cm³/mol. The zero-order valence-corrected chi connectivity index (χ0v) is 10.3. The number of nitrogens with two attached hydrogens (primary N) is 1. The number of para-hydroxylation sites is 1. The second-order valence-corrected chi connectivity index (χ2v) is 5.28. The van der Waals surface area contributed by atoms with Crippen LogP contribution in [-0.4, -0.2) is 16.2 Å². The van der Waals surface area contributed by atoms with Crippen LogP contribution in [0.5, 0.6) is 0 Å². The van der Waals surface area contributed by atoms with Crippen molar-refractivity contribution in [2.75, 3.05) is 0 Å². The molecule has 18 heavy (non-hydrogen) atoms. The van der Waals surface area contributed by atoms with Crippen LogP contribution in [0.25, 0.3) is 10.9 Å². The van der Waals surface area contributed by atoms with Gasteiger partial charge in [0.1, 0.15) is 0 Å². The minimum absolute atomic E-state index is 0.192. The molecule has 1 aliphatic rings. The molecule has 1 aromatic heterocycles. The van der Waals surface area contributed by atoms with E-state index in [1.54, 1.807) is 0 Å². The molecule has 1 aromatic carbocycles. The maximum Gasteiger partial charge on any atom is 0.0706 e. The highest BCUT2D eigenvalue weighted by Crippen LogP contribution is 2.34. The summed E-state index contributed by atoms with van der Waals surface area (Å²) in [6.45, 7) is 0. The van der Waals surface area contributed by atoms with Crippen molar-refractivity contribution in [2.24, 2.45) is 5.73 Å². The first-order valence-electron chi connectivity index (χ1n) is 6.51. The largest absolute Gasteiger partial charge is 0.393 e. The second kappa shape index (κ2) is 4.34. The Morgan fingerprint density at radius 2 is 1.83 bits per heavy atom. The van der Waals surface area contributed by atoms with Crippen molar-refractivity contribution in [2.45, 2.75) is 37.3 Å². The first-order valence-corrected chi connectivity index (χ1v) is 6.51. The Balaban J connectivity index is 1.98. The molecule has 0 spiro atoms. The standard InChI is InChI=1S/C15H18N2O/c16-15(9-7-12(18)8-10-15)14-6-5-11-3-1-2-4-13(11)17-14/h1-6,12,18H,7-10,16H2. The van der Waals surface area contributed by atoms with Crippen molar-refractivity contribution in [1.29, 1.82) is 0 Å². The summed E-state index contributed by atoms with van der Waals surface area (Å²) in [4.78, 5) is 4.69. The Kier molecular flexibility index (Phi) is 2.80. The third-order valence-corrected chi connectivity index (χ3v) is 3.96. The van der Waals surface area contributed by atoms with Gasteiger partial charge in [0.15, 0.2) is 0 Å². The van der Waals surface area contributed by atoms with Gasteiger partial charge in [-0.25, -0.2) is 0 Å². The quantitative estimate of drug-likeness (QED) is 0.806. The van der Waals surface area contributed by atoms with Gasteiger partial charge in [-0.05, 0) is 37.8 Å². The van der Waals surface area contributed by atoms with E-state index in [2.05, 4.69) is 17.1 Å². The molecule has 2 aromatic rings. The van der Waals surface area contributed by atoms with E-state index in [0.29, 0.717) is 0 Å². The molecular weight excluding hydrogens is 224 g/mol. The molecule has 3 nitrogen and oxygen atoms in total. The van der Waals surface area contributed by atoms with Crippen LogP contribution in [0, 0.1) is 0 Å². The zero-order chi connectivity index (χ0) is 12.6. The van der Waals surface area contributed by atoms with Gasteiger partial charge in [0.05, 0.1) is 22.9 Å². The first-order chi connectivity index (χ1) is 8.67. The molecule has 1 aliphatic carbocycles. The van der Waals surface area contributed by atoms with E-state index >= 15 is 0 Å². The van der Waals surface area contributed by atoms with E-state index in [4.69, 9.17) is 5.73 Å².